The maximum absolute atomic E-state index is 13.0. The molecule has 0 radical (unpaired) electrons. The van der Waals surface area contributed by atoms with E-state index >= 15 is 0 Å². The number of nitrogens with one attached hydrogen (secondary N) is 1. The lowest BCUT2D eigenvalue weighted by Crippen LogP contribution is -2.49. The van der Waals surface area contributed by atoms with Crippen LogP contribution in [0.3, 0.4) is 0 Å². The Balaban J connectivity index is 0.00000196. The Hall–Kier alpha value is -1.57. The number of piperazine rings is 1. The lowest BCUT2D eigenvalue weighted by Gasteiger charge is -2.36. The standard InChI is InChI=1S/C19H27FN4O2.2ClH/c20-15-2-5-17(6-3-15)23-9-11-24(12-10-23)18(25)7-8-22-19(26)14-1-4-16(21)13-14;;/h2-3,5-6,14,16H,1,4,7-13,21H2,(H,22,26);2*1H. The fraction of sp³-hybridized carbons (Fsp3) is 0.579. The molecule has 1 saturated heterocycles. The van der Waals surface area contributed by atoms with Gasteiger partial charge in [-0.1, -0.05) is 0 Å². The lowest BCUT2D eigenvalue weighted by molar-refractivity contribution is -0.131. The third-order valence-corrected chi connectivity index (χ3v) is 5.31. The molecular formula is C19H29Cl2FN4O2. The molecule has 2 amide bonds. The van der Waals surface area contributed by atoms with Crippen LogP contribution in [0.2, 0.25) is 0 Å². The monoisotopic (exact) mass is 434 g/mol. The van der Waals surface area contributed by atoms with Gasteiger partial charge in [0.2, 0.25) is 11.8 Å². The van der Waals surface area contributed by atoms with Crippen molar-refractivity contribution in [1.29, 1.82) is 0 Å². The summed E-state index contributed by atoms with van der Waals surface area (Å²) in [4.78, 5) is 28.4. The molecule has 1 aromatic carbocycles. The van der Waals surface area contributed by atoms with Crippen molar-refractivity contribution < 1.29 is 14.0 Å². The fourth-order valence-electron chi connectivity index (χ4n) is 3.72. The Morgan fingerprint density at radius 2 is 1.71 bits per heavy atom. The van der Waals surface area contributed by atoms with Gasteiger partial charge in [-0.2, -0.15) is 0 Å². The quantitative estimate of drug-likeness (QED) is 0.741. The molecule has 3 rings (SSSR count). The molecule has 3 N–H and O–H groups in total. The molecule has 1 aromatic rings. The number of rotatable bonds is 5. The molecule has 2 atom stereocenters. The summed E-state index contributed by atoms with van der Waals surface area (Å²) < 4.78 is 13.0. The number of nitrogens with two attached hydrogens (primary N) is 1. The van der Waals surface area contributed by atoms with Crippen molar-refractivity contribution in [3.05, 3.63) is 30.1 Å². The molecule has 0 spiro atoms. The topological polar surface area (TPSA) is 78.7 Å². The molecule has 1 aliphatic carbocycles. The minimum atomic E-state index is -0.246. The van der Waals surface area contributed by atoms with Crippen LogP contribution in [0.1, 0.15) is 25.7 Å². The van der Waals surface area contributed by atoms with Crippen LogP contribution in [0.5, 0.6) is 0 Å². The summed E-state index contributed by atoms with van der Waals surface area (Å²) in [5, 5.41) is 2.87. The number of hydrogen-bond acceptors (Lipinski definition) is 4. The predicted octanol–water partition coefficient (Wildman–Crippen LogP) is 1.95. The Morgan fingerprint density at radius 3 is 2.29 bits per heavy atom. The van der Waals surface area contributed by atoms with Crippen LogP contribution < -0.4 is 16.0 Å². The zero-order valence-electron chi connectivity index (χ0n) is 15.8. The first kappa shape index (κ1) is 24.5. The highest BCUT2D eigenvalue weighted by Gasteiger charge is 2.27. The number of nitrogens with zero attached hydrogens (tertiary/aromatic N) is 2. The van der Waals surface area contributed by atoms with Crippen LogP contribution in [-0.2, 0) is 9.59 Å². The Bertz CT molecular complexity index is 639. The second-order valence-electron chi connectivity index (χ2n) is 7.16. The van der Waals surface area contributed by atoms with Crippen molar-refractivity contribution in [3.8, 4) is 0 Å². The van der Waals surface area contributed by atoms with E-state index in [9.17, 15) is 14.0 Å². The Labute approximate surface area is 177 Å². The van der Waals surface area contributed by atoms with Gasteiger partial charge in [-0.25, -0.2) is 4.39 Å². The third-order valence-electron chi connectivity index (χ3n) is 5.31. The summed E-state index contributed by atoms with van der Waals surface area (Å²) in [7, 11) is 0. The minimum absolute atomic E-state index is 0. The van der Waals surface area contributed by atoms with Gasteiger partial charge < -0.3 is 20.9 Å². The first-order chi connectivity index (χ1) is 12.5. The van der Waals surface area contributed by atoms with E-state index in [2.05, 4.69) is 10.2 Å². The van der Waals surface area contributed by atoms with Crippen molar-refractivity contribution in [2.24, 2.45) is 11.7 Å². The average molecular weight is 435 g/mol. The van der Waals surface area contributed by atoms with Gasteiger partial charge in [0.1, 0.15) is 5.82 Å². The van der Waals surface area contributed by atoms with Crippen LogP contribution in [0.4, 0.5) is 10.1 Å². The highest BCUT2D eigenvalue weighted by Crippen LogP contribution is 2.24. The average Bonchev–Trinajstić information content (AvgIpc) is 3.09. The van der Waals surface area contributed by atoms with Gasteiger partial charge in [-0.15, -0.1) is 24.8 Å². The van der Waals surface area contributed by atoms with Crippen LogP contribution in [0, 0.1) is 11.7 Å². The molecule has 0 aromatic heterocycles. The van der Waals surface area contributed by atoms with Gasteiger partial charge in [0.05, 0.1) is 0 Å². The molecular weight excluding hydrogens is 406 g/mol. The number of halogens is 3. The zero-order chi connectivity index (χ0) is 18.5. The number of amides is 2. The second kappa shape index (κ2) is 11.4. The normalized spacial score (nSPS) is 21.5. The van der Waals surface area contributed by atoms with E-state index in [1.54, 1.807) is 12.1 Å². The van der Waals surface area contributed by atoms with Crippen LogP contribution in [0.25, 0.3) is 0 Å². The van der Waals surface area contributed by atoms with Crippen molar-refractivity contribution in [3.63, 3.8) is 0 Å². The van der Waals surface area contributed by atoms with Gasteiger partial charge >= 0.3 is 0 Å². The molecule has 28 heavy (non-hydrogen) atoms. The molecule has 0 bridgehead atoms. The highest BCUT2D eigenvalue weighted by molar-refractivity contribution is 5.85. The molecule has 2 fully saturated rings. The van der Waals surface area contributed by atoms with Gasteiger partial charge in [-0.05, 0) is 43.5 Å². The molecule has 1 heterocycles. The molecule has 1 aliphatic heterocycles. The molecule has 158 valence electrons. The molecule has 1 saturated carbocycles. The molecule has 2 aliphatic rings. The maximum atomic E-state index is 13.0. The van der Waals surface area contributed by atoms with E-state index in [0.29, 0.717) is 26.1 Å². The number of hydrogen-bond donors (Lipinski definition) is 2. The summed E-state index contributed by atoms with van der Waals surface area (Å²) in [5.41, 5.74) is 6.81. The van der Waals surface area contributed by atoms with Gasteiger partial charge in [0.15, 0.2) is 0 Å². The number of carbonyl (C=O) groups excluding carboxylic acids is 2. The van der Waals surface area contributed by atoms with E-state index in [0.717, 1.165) is 38.0 Å². The van der Waals surface area contributed by atoms with Gasteiger partial charge in [0.25, 0.3) is 0 Å². The number of carbonyl (C=O) groups is 2. The first-order valence-corrected chi connectivity index (χ1v) is 9.34. The lowest BCUT2D eigenvalue weighted by atomic mass is 10.1. The molecule has 2 unspecified atom stereocenters. The van der Waals surface area contributed by atoms with Crippen LogP contribution >= 0.6 is 24.8 Å². The number of anilines is 1. The number of benzene rings is 1. The first-order valence-electron chi connectivity index (χ1n) is 9.34. The largest absolute Gasteiger partial charge is 0.368 e. The molecule has 6 nitrogen and oxygen atoms in total. The smallest absolute Gasteiger partial charge is 0.224 e. The maximum Gasteiger partial charge on any atom is 0.224 e. The van der Waals surface area contributed by atoms with Crippen molar-refractivity contribution in [2.45, 2.75) is 31.7 Å². The fourth-order valence-corrected chi connectivity index (χ4v) is 3.72. The van der Waals surface area contributed by atoms with Gasteiger partial charge in [-0.3, -0.25) is 9.59 Å². The zero-order valence-corrected chi connectivity index (χ0v) is 17.4. The van der Waals surface area contributed by atoms with E-state index in [1.165, 1.54) is 12.1 Å². The van der Waals surface area contributed by atoms with E-state index in [4.69, 9.17) is 5.73 Å². The Morgan fingerprint density at radius 1 is 1.07 bits per heavy atom. The summed E-state index contributed by atoms with van der Waals surface area (Å²) in [6.45, 7) is 3.11. The second-order valence-corrected chi connectivity index (χ2v) is 7.16. The Kier molecular flexibility index (Phi) is 9.99. The summed E-state index contributed by atoms with van der Waals surface area (Å²) in [5.74, 6) is -0.164. The summed E-state index contributed by atoms with van der Waals surface area (Å²) in [6, 6.07) is 6.55. The van der Waals surface area contributed by atoms with Gasteiger partial charge in [0, 0.05) is 56.8 Å². The van der Waals surface area contributed by atoms with E-state index in [1.807, 2.05) is 4.90 Å². The molecule has 9 heteroatoms. The van der Waals surface area contributed by atoms with E-state index < -0.39 is 0 Å². The van der Waals surface area contributed by atoms with Crippen molar-refractivity contribution >= 4 is 42.3 Å². The van der Waals surface area contributed by atoms with Crippen molar-refractivity contribution in [1.82, 2.24) is 10.2 Å². The third kappa shape index (κ3) is 6.50. The highest BCUT2D eigenvalue weighted by atomic mass is 35.5. The summed E-state index contributed by atoms with van der Waals surface area (Å²) >= 11 is 0. The predicted molar refractivity (Wildman–Crippen MR) is 113 cm³/mol. The summed E-state index contributed by atoms with van der Waals surface area (Å²) in [6.07, 6.45) is 2.80. The van der Waals surface area contributed by atoms with Crippen molar-refractivity contribution in [2.75, 3.05) is 37.6 Å². The minimum Gasteiger partial charge on any atom is -0.368 e. The SMILES string of the molecule is Cl.Cl.NC1CCC(C(=O)NCCC(=O)N2CCN(c3ccc(F)cc3)CC2)C1. The van der Waals surface area contributed by atoms with Crippen LogP contribution in [-0.4, -0.2) is 55.5 Å². The van der Waals surface area contributed by atoms with E-state index in [-0.39, 0.29) is 54.4 Å². The van der Waals surface area contributed by atoms with Crippen LogP contribution in [0.15, 0.2) is 24.3 Å².